The van der Waals surface area contributed by atoms with Gasteiger partial charge in [0.1, 0.15) is 11.2 Å². The van der Waals surface area contributed by atoms with Gasteiger partial charge in [-0.3, -0.25) is 0 Å². The van der Waals surface area contributed by atoms with Crippen LogP contribution in [0.2, 0.25) is 0 Å². The summed E-state index contributed by atoms with van der Waals surface area (Å²) < 4.78 is 45.5. The summed E-state index contributed by atoms with van der Waals surface area (Å²) in [5, 5.41) is 8.86. The van der Waals surface area contributed by atoms with Gasteiger partial charge in [-0.1, -0.05) is 29.8 Å². The van der Waals surface area contributed by atoms with Crippen LogP contribution >= 0.6 is 0 Å². The van der Waals surface area contributed by atoms with Crippen LogP contribution in [0.15, 0.2) is 53.4 Å². The van der Waals surface area contributed by atoms with Crippen LogP contribution in [0.5, 0.6) is 0 Å². The second-order valence-electron chi connectivity index (χ2n) is 6.60. The lowest BCUT2D eigenvalue weighted by atomic mass is 10.0. The van der Waals surface area contributed by atoms with E-state index in [4.69, 9.17) is 4.74 Å². The fourth-order valence-corrected chi connectivity index (χ4v) is 5.83. The first-order chi connectivity index (χ1) is 12.4. The minimum absolute atomic E-state index is 0.00304. The van der Waals surface area contributed by atoms with E-state index in [2.05, 4.69) is 6.07 Å². The van der Waals surface area contributed by atoms with Gasteiger partial charge in [-0.05, 0) is 43.7 Å². The Labute approximate surface area is 153 Å². The van der Waals surface area contributed by atoms with Gasteiger partial charge in [0, 0.05) is 12.5 Å². The molecule has 0 spiro atoms. The van der Waals surface area contributed by atoms with Gasteiger partial charge in [0.05, 0.1) is 22.8 Å². The number of hydrogen-bond acceptors (Lipinski definition) is 4. The van der Waals surface area contributed by atoms with Crippen LogP contribution < -0.4 is 0 Å². The topological polar surface area (TPSA) is 67.2 Å². The van der Waals surface area contributed by atoms with Crippen molar-refractivity contribution in [3.05, 3.63) is 65.5 Å². The summed E-state index contributed by atoms with van der Waals surface area (Å²) in [5.41, 5.74) is 0.238. The Bertz CT molecular complexity index is 950. The van der Waals surface area contributed by atoms with Gasteiger partial charge in [-0.25, -0.2) is 12.8 Å². The van der Waals surface area contributed by atoms with Crippen molar-refractivity contribution in [2.75, 3.05) is 13.2 Å². The number of nitriles is 1. The van der Waals surface area contributed by atoms with Crippen molar-refractivity contribution in [1.29, 1.82) is 5.26 Å². The number of nitrogens with zero attached hydrogens (tertiary/aromatic N) is 1. The molecule has 26 heavy (non-hydrogen) atoms. The molecule has 0 aliphatic heterocycles. The summed E-state index contributed by atoms with van der Waals surface area (Å²) >= 11 is 0. The zero-order valence-electron chi connectivity index (χ0n) is 14.6. The van der Waals surface area contributed by atoms with Gasteiger partial charge >= 0.3 is 0 Å². The molecule has 1 fully saturated rings. The Morgan fingerprint density at radius 3 is 2.50 bits per heavy atom. The van der Waals surface area contributed by atoms with E-state index in [0.717, 1.165) is 5.56 Å². The van der Waals surface area contributed by atoms with E-state index < -0.39 is 32.2 Å². The molecular formula is C20H20FNO3S. The maximum Gasteiger partial charge on any atom is 0.183 e. The standard InChI is InChI=1S/C20H20FNO3S/c1-3-25-13-20(12-22)18(15-5-4-6-16(21)11-15)19(20)26(23,24)17-9-7-14(2)8-10-17/h4-11,18-19H,3,13H2,1-2H3/t18-,19+,20-/m1/s1. The molecule has 4 nitrogen and oxygen atoms in total. The van der Waals surface area contributed by atoms with Crippen molar-refractivity contribution in [3.63, 3.8) is 0 Å². The van der Waals surface area contributed by atoms with Gasteiger partial charge in [-0.2, -0.15) is 5.26 Å². The Kier molecular flexibility index (Phi) is 4.87. The third kappa shape index (κ3) is 3.02. The third-order valence-corrected chi connectivity index (χ3v) is 7.19. The van der Waals surface area contributed by atoms with Crippen LogP contribution in [0, 0.1) is 29.5 Å². The fourth-order valence-electron chi connectivity index (χ4n) is 3.52. The molecule has 0 heterocycles. The molecule has 0 unspecified atom stereocenters. The summed E-state index contributed by atoms with van der Waals surface area (Å²) in [4.78, 5) is 0.170. The zero-order valence-corrected chi connectivity index (χ0v) is 15.5. The third-order valence-electron chi connectivity index (χ3n) is 4.90. The van der Waals surface area contributed by atoms with Crippen molar-refractivity contribution in [2.24, 2.45) is 5.41 Å². The number of ether oxygens (including phenoxy) is 1. The monoisotopic (exact) mass is 373 g/mol. The molecule has 1 aliphatic rings. The number of sulfone groups is 1. The van der Waals surface area contributed by atoms with Gasteiger partial charge < -0.3 is 4.74 Å². The average molecular weight is 373 g/mol. The van der Waals surface area contributed by atoms with Gasteiger partial charge in [0.25, 0.3) is 0 Å². The molecule has 1 saturated carbocycles. The largest absolute Gasteiger partial charge is 0.380 e. The number of hydrogen-bond donors (Lipinski definition) is 0. The molecule has 2 aromatic rings. The first-order valence-corrected chi connectivity index (χ1v) is 9.96. The average Bonchev–Trinajstić information content (AvgIpc) is 3.31. The van der Waals surface area contributed by atoms with E-state index in [1.807, 2.05) is 6.92 Å². The Hall–Kier alpha value is -2.23. The number of halogens is 1. The van der Waals surface area contributed by atoms with Crippen molar-refractivity contribution in [1.82, 2.24) is 0 Å². The predicted octanol–water partition coefficient (Wildman–Crippen LogP) is 3.62. The Morgan fingerprint density at radius 2 is 1.92 bits per heavy atom. The molecule has 0 amide bonds. The molecular weight excluding hydrogens is 353 g/mol. The number of benzene rings is 2. The van der Waals surface area contributed by atoms with Crippen LogP contribution in [-0.2, 0) is 14.6 Å². The molecule has 6 heteroatoms. The molecule has 0 aromatic heterocycles. The summed E-state index contributed by atoms with van der Waals surface area (Å²) in [6, 6.07) is 14.5. The highest BCUT2D eigenvalue weighted by Crippen LogP contribution is 2.63. The van der Waals surface area contributed by atoms with Gasteiger partial charge in [0.15, 0.2) is 9.84 Å². The fraction of sp³-hybridized carbons (Fsp3) is 0.350. The van der Waals surface area contributed by atoms with Gasteiger partial charge in [0.2, 0.25) is 0 Å². The molecule has 0 N–H and O–H groups in total. The van der Waals surface area contributed by atoms with Crippen LogP contribution in [0.3, 0.4) is 0 Å². The van der Waals surface area contributed by atoms with Crippen molar-refractivity contribution in [2.45, 2.75) is 29.9 Å². The second-order valence-corrected chi connectivity index (χ2v) is 8.67. The molecule has 1 aliphatic carbocycles. The molecule has 0 bridgehead atoms. The van der Waals surface area contributed by atoms with Crippen LogP contribution in [0.25, 0.3) is 0 Å². The lowest BCUT2D eigenvalue weighted by Gasteiger charge is -2.10. The van der Waals surface area contributed by atoms with E-state index >= 15 is 0 Å². The van der Waals surface area contributed by atoms with E-state index in [1.54, 1.807) is 37.3 Å². The highest BCUT2D eigenvalue weighted by molar-refractivity contribution is 7.92. The van der Waals surface area contributed by atoms with Crippen LogP contribution in [0.4, 0.5) is 4.39 Å². The van der Waals surface area contributed by atoms with E-state index in [0.29, 0.717) is 12.2 Å². The van der Waals surface area contributed by atoms with Crippen molar-refractivity contribution >= 4 is 9.84 Å². The first-order valence-electron chi connectivity index (χ1n) is 8.42. The normalized spacial score (nSPS) is 24.8. The number of aryl methyl sites for hydroxylation is 1. The van der Waals surface area contributed by atoms with E-state index in [1.165, 1.54) is 18.2 Å². The highest BCUT2D eigenvalue weighted by atomic mass is 32.2. The van der Waals surface area contributed by atoms with Crippen LogP contribution in [0.1, 0.15) is 24.0 Å². The molecule has 0 radical (unpaired) electrons. The quantitative estimate of drug-likeness (QED) is 0.776. The van der Waals surface area contributed by atoms with E-state index in [9.17, 15) is 18.1 Å². The summed E-state index contributed by atoms with van der Waals surface area (Å²) in [6.07, 6.45) is 0. The summed E-state index contributed by atoms with van der Waals surface area (Å²) in [7, 11) is -3.77. The Balaban J connectivity index is 2.07. The maximum atomic E-state index is 13.7. The minimum atomic E-state index is -3.77. The van der Waals surface area contributed by atoms with Gasteiger partial charge in [-0.15, -0.1) is 0 Å². The minimum Gasteiger partial charge on any atom is -0.380 e. The first kappa shape index (κ1) is 18.6. The summed E-state index contributed by atoms with van der Waals surface area (Å²) in [6.45, 7) is 4.03. The Morgan fingerprint density at radius 1 is 1.23 bits per heavy atom. The van der Waals surface area contributed by atoms with Crippen molar-refractivity contribution in [3.8, 4) is 6.07 Å². The number of rotatable bonds is 6. The maximum absolute atomic E-state index is 13.7. The SMILES string of the molecule is CCOC[C@]1(C#N)[C@H](c2cccc(F)c2)[C@@H]1S(=O)(=O)c1ccc(C)cc1. The van der Waals surface area contributed by atoms with E-state index in [-0.39, 0.29) is 11.5 Å². The summed E-state index contributed by atoms with van der Waals surface area (Å²) in [5.74, 6) is -1.08. The molecule has 0 saturated heterocycles. The predicted molar refractivity (Wildman–Crippen MR) is 95.8 cm³/mol. The zero-order chi connectivity index (χ0) is 18.9. The molecule has 136 valence electrons. The molecule has 3 rings (SSSR count). The van der Waals surface area contributed by atoms with Crippen LogP contribution in [-0.4, -0.2) is 26.9 Å². The molecule has 3 atom stereocenters. The smallest absolute Gasteiger partial charge is 0.183 e. The highest BCUT2D eigenvalue weighted by Gasteiger charge is 2.72. The lowest BCUT2D eigenvalue weighted by molar-refractivity contribution is 0.117. The molecule has 2 aromatic carbocycles. The lowest BCUT2D eigenvalue weighted by Crippen LogP contribution is -2.19. The van der Waals surface area contributed by atoms with Crippen molar-refractivity contribution < 1.29 is 17.5 Å². The second kappa shape index (κ2) is 6.82.